The fourth-order valence-corrected chi connectivity index (χ4v) is 2.36. The summed E-state index contributed by atoms with van der Waals surface area (Å²) in [6, 6.07) is 6.26. The lowest BCUT2D eigenvalue weighted by atomic mass is 9.99. The number of halogens is 1. The molecule has 0 aromatic heterocycles. The van der Waals surface area contributed by atoms with Gasteiger partial charge in [-0.1, -0.05) is 6.07 Å². The minimum Gasteiger partial charge on any atom is -0.385 e. The van der Waals surface area contributed by atoms with E-state index in [9.17, 15) is 5.11 Å². The highest BCUT2D eigenvalue weighted by Crippen LogP contribution is 2.36. The molecule has 1 atom stereocenters. The zero-order chi connectivity index (χ0) is 8.77. The Bertz CT molecular complexity index is 318. The molecule has 1 unspecified atom stereocenters. The molecule has 1 aromatic carbocycles. The highest BCUT2D eigenvalue weighted by Gasteiger charge is 2.31. The molecule has 1 aromatic rings. The molecule has 1 aliphatic carbocycles. The quantitative estimate of drug-likeness (QED) is 0.720. The summed E-state index contributed by atoms with van der Waals surface area (Å²) in [5.74, 6) is 0. The maximum Gasteiger partial charge on any atom is 0.0874 e. The maximum atomic E-state index is 9.94. The Balaban J connectivity index is 2.55. The van der Waals surface area contributed by atoms with Crippen molar-refractivity contribution in [1.82, 2.24) is 0 Å². The van der Waals surface area contributed by atoms with Crippen molar-refractivity contribution in [3.8, 4) is 0 Å². The Morgan fingerprint density at radius 2 is 2.25 bits per heavy atom. The number of benzene rings is 1. The van der Waals surface area contributed by atoms with Gasteiger partial charge in [-0.2, -0.15) is 0 Å². The van der Waals surface area contributed by atoms with Gasteiger partial charge in [-0.15, -0.1) is 0 Å². The van der Waals surface area contributed by atoms with Crippen LogP contribution in [-0.2, 0) is 12.0 Å². The lowest BCUT2D eigenvalue weighted by Gasteiger charge is -2.17. The van der Waals surface area contributed by atoms with Crippen LogP contribution in [-0.4, -0.2) is 5.11 Å². The zero-order valence-electron chi connectivity index (χ0n) is 6.97. The molecule has 0 fully saturated rings. The van der Waals surface area contributed by atoms with E-state index in [1.54, 1.807) is 0 Å². The standard InChI is InChI=1S/C10H11IO/c1-10(12)5-4-7-6-8(11)2-3-9(7)10/h2-3,6,12H,4-5H2,1H3. The van der Waals surface area contributed by atoms with Crippen LogP contribution in [0.5, 0.6) is 0 Å². The summed E-state index contributed by atoms with van der Waals surface area (Å²) in [6.07, 6.45) is 1.88. The molecule has 0 heterocycles. The van der Waals surface area contributed by atoms with E-state index in [2.05, 4.69) is 34.7 Å². The van der Waals surface area contributed by atoms with Gasteiger partial charge in [-0.25, -0.2) is 0 Å². The van der Waals surface area contributed by atoms with Gasteiger partial charge in [0.25, 0.3) is 0 Å². The first-order valence-electron chi connectivity index (χ1n) is 4.11. The second-order valence-electron chi connectivity index (χ2n) is 3.58. The Hall–Kier alpha value is -0.0900. The van der Waals surface area contributed by atoms with E-state index < -0.39 is 5.60 Å². The van der Waals surface area contributed by atoms with Crippen LogP contribution in [0.3, 0.4) is 0 Å². The number of rotatable bonds is 0. The first-order chi connectivity index (χ1) is 5.59. The van der Waals surface area contributed by atoms with Crippen molar-refractivity contribution in [2.45, 2.75) is 25.4 Å². The highest BCUT2D eigenvalue weighted by molar-refractivity contribution is 14.1. The molecule has 0 aliphatic heterocycles. The van der Waals surface area contributed by atoms with Crippen LogP contribution < -0.4 is 0 Å². The van der Waals surface area contributed by atoms with E-state index in [-0.39, 0.29) is 0 Å². The predicted molar refractivity (Wildman–Crippen MR) is 57.1 cm³/mol. The second-order valence-corrected chi connectivity index (χ2v) is 4.82. The minimum atomic E-state index is -0.584. The molecule has 2 rings (SSSR count). The third-order valence-corrected chi connectivity index (χ3v) is 3.20. The number of hydrogen-bond acceptors (Lipinski definition) is 1. The SMILES string of the molecule is CC1(O)CCc2cc(I)ccc21. The van der Waals surface area contributed by atoms with E-state index in [0.717, 1.165) is 18.4 Å². The third kappa shape index (κ3) is 1.27. The third-order valence-electron chi connectivity index (χ3n) is 2.53. The van der Waals surface area contributed by atoms with Crippen LogP contribution in [0.2, 0.25) is 0 Å². The Labute approximate surface area is 85.9 Å². The van der Waals surface area contributed by atoms with Gasteiger partial charge in [-0.05, 0) is 65.6 Å². The van der Waals surface area contributed by atoms with E-state index in [1.165, 1.54) is 9.13 Å². The summed E-state index contributed by atoms with van der Waals surface area (Å²) < 4.78 is 1.25. The van der Waals surface area contributed by atoms with Crippen molar-refractivity contribution in [1.29, 1.82) is 0 Å². The van der Waals surface area contributed by atoms with Gasteiger partial charge in [0.15, 0.2) is 0 Å². The molecule has 64 valence electrons. The molecule has 1 aliphatic rings. The normalized spacial score (nSPS) is 27.2. The smallest absolute Gasteiger partial charge is 0.0874 e. The summed E-state index contributed by atoms with van der Waals surface area (Å²) >= 11 is 2.30. The molecular weight excluding hydrogens is 263 g/mol. The van der Waals surface area contributed by atoms with Crippen molar-refractivity contribution in [2.24, 2.45) is 0 Å². The molecule has 12 heavy (non-hydrogen) atoms. The van der Waals surface area contributed by atoms with E-state index in [1.807, 2.05) is 13.0 Å². The van der Waals surface area contributed by atoms with E-state index in [4.69, 9.17) is 0 Å². The average Bonchev–Trinajstić information content (AvgIpc) is 2.27. The monoisotopic (exact) mass is 274 g/mol. The van der Waals surface area contributed by atoms with Crippen molar-refractivity contribution in [2.75, 3.05) is 0 Å². The summed E-state index contributed by atoms with van der Waals surface area (Å²) in [5.41, 5.74) is 1.84. The topological polar surface area (TPSA) is 20.2 Å². The molecule has 0 amide bonds. The molecule has 2 heteroatoms. The largest absolute Gasteiger partial charge is 0.385 e. The summed E-state index contributed by atoms with van der Waals surface area (Å²) in [7, 11) is 0. The maximum absolute atomic E-state index is 9.94. The fourth-order valence-electron chi connectivity index (χ4n) is 1.81. The van der Waals surface area contributed by atoms with Crippen LogP contribution in [0.4, 0.5) is 0 Å². The van der Waals surface area contributed by atoms with Gasteiger partial charge in [-0.3, -0.25) is 0 Å². The molecule has 1 nitrogen and oxygen atoms in total. The Morgan fingerprint density at radius 1 is 1.50 bits per heavy atom. The predicted octanol–water partition coefficient (Wildman–Crippen LogP) is 2.44. The molecular formula is C10H11IO. The fraction of sp³-hybridized carbons (Fsp3) is 0.400. The van der Waals surface area contributed by atoms with E-state index >= 15 is 0 Å². The Morgan fingerprint density at radius 3 is 3.00 bits per heavy atom. The van der Waals surface area contributed by atoms with Crippen molar-refractivity contribution >= 4 is 22.6 Å². The number of fused-ring (bicyclic) bond motifs is 1. The molecule has 0 saturated carbocycles. The van der Waals surface area contributed by atoms with Crippen molar-refractivity contribution in [3.05, 3.63) is 32.9 Å². The second kappa shape index (κ2) is 2.70. The first-order valence-corrected chi connectivity index (χ1v) is 5.19. The van der Waals surface area contributed by atoms with Gasteiger partial charge in [0.1, 0.15) is 0 Å². The molecule has 1 N–H and O–H groups in total. The lowest BCUT2D eigenvalue weighted by molar-refractivity contribution is 0.0595. The number of hydrogen-bond donors (Lipinski definition) is 1. The Kier molecular flexibility index (Phi) is 1.92. The molecule has 0 bridgehead atoms. The van der Waals surface area contributed by atoms with Crippen LogP contribution in [0.15, 0.2) is 18.2 Å². The summed E-state index contributed by atoms with van der Waals surface area (Å²) in [6.45, 7) is 1.89. The van der Waals surface area contributed by atoms with Gasteiger partial charge in [0, 0.05) is 3.57 Å². The van der Waals surface area contributed by atoms with Gasteiger partial charge in [0.2, 0.25) is 0 Å². The highest BCUT2D eigenvalue weighted by atomic mass is 127. The van der Waals surface area contributed by atoms with Crippen molar-refractivity contribution in [3.63, 3.8) is 0 Å². The minimum absolute atomic E-state index is 0.584. The van der Waals surface area contributed by atoms with Gasteiger partial charge in [0.05, 0.1) is 5.60 Å². The summed E-state index contributed by atoms with van der Waals surface area (Å²) in [5, 5.41) is 9.94. The van der Waals surface area contributed by atoms with Crippen LogP contribution >= 0.6 is 22.6 Å². The molecule has 0 radical (unpaired) electrons. The van der Waals surface area contributed by atoms with Gasteiger partial charge >= 0.3 is 0 Å². The van der Waals surface area contributed by atoms with Crippen molar-refractivity contribution < 1.29 is 5.11 Å². The average molecular weight is 274 g/mol. The van der Waals surface area contributed by atoms with Gasteiger partial charge < -0.3 is 5.11 Å². The molecule has 0 saturated heterocycles. The van der Waals surface area contributed by atoms with Crippen LogP contribution in [0, 0.1) is 3.57 Å². The van der Waals surface area contributed by atoms with E-state index in [0.29, 0.717) is 0 Å². The van der Waals surface area contributed by atoms with Crippen LogP contribution in [0.25, 0.3) is 0 Å². The summed E-state index contributed by atoms with van der Waals surface area (Å²) in [4.78, 5) is 0. The molecule has 0 spiro atoms. The number of aryl methyl sites for hydroxylation is 1. The zero-order valence-corrected chi connectivity index (χ0v) is 9.13. The van der Waals surface area contributed by atoms with Crippen LogP contribution in [0.1, 0.15) is 24.5 Å². The lowest BCUT2D eigenvalue weighted by Crippen LogP contribution is -2.16. The number of aliphatic hydroxyl groups is 1. The first kappa shape index (κ1) is 8.51.